The van der Waals surface area contributed by atoms with E-state index < -0.39 is 0 Å². The Bertz CT molecular complexity index is 2420. The van der Waals surface area contributed by atoms with Crippen LogP contribution in [0, 0.1) is 6.92 Å². The summed E-state index contributed by atoms with van der Waals surface area (Å²) in [7, 11) is 0. The van der Waals surface area contributed by atoms with Crippen LogP contribution in [-0.2, 0) is 5.41 Å². The van der Waals surface area contributed by atoms with E-state index in [0.29, 0.717) is 0 Å². The molecule has 0 aromatic heterocycles. The van der Waals surface area contributed by atoms with Crippen molar-refractivity contribution in [2.24, 2.45) is 0 Å². The minimum atomic E-state index is -0.228. The van der Waals surface area contributed by atoms with E-state index in [4.69, 9.17) is 0 Å². The van der Waals surface area contributed by atoms with Crippen LogP contribution in [0.25, 0.3) is 32.7 Å². The molecule has 0 amide bonds. The van der Waals surface area contributed by atoms with E-state index in [-0.39, 0.29) is 5.41 Å². The molecule has 0 atom stereocenters. The number of rotatable bonds is 6. The van der Waals surface area contributed by atoms with Gasteiger partial charge in [-0.3, -0.25) is 0 Å². The summed E-state index contributed by atoms with van der Waals surface area (Å²) in [4.78, 5) is 4.77. The normalized spacial score (nSPS) is 12.9. The molecule has 240 valence electrons. The summed E-state index contributed by atoms with van der Waals surface area (Å²) in [5.74, 6) is 0. The molecule has 0 heterocycles. The van der Waals surface area contributed by atoms with Crippen LogP contribution in [0.2, 0.25) is 0 Å². The standard InChI is InChI=1S/C48H38N2/c1-33-30-43-46-40-27-17-16-26-39(40)45(50(36-22-12-6-13-23-36)37-24-14-7-15-25-37)32-44(46)48(2,3)47(43)41-29-28-38(31-42(33)41)49(34-18-8-4-9-19-34)35-20-10-5-11-21-35/h4-32H,1-3H3. The molecule has 1 aliphatic carbocycles. The first-order chi connectivity index (χ1) is 24.5. The maximum Gasteiger partial charge on any atom is 0.0543 e. The number of para-hydroxylation sites is 4. The average molecular weight is 643 g/mol. The third kappa shape index (κ3) is 4.71. The van der Waals surface area contributed by atoms with E-state index >= 15 is 0 Å². The zero-order valence-corrected chi connectivity index (χ0v) is 28.6. The van der Waals surface area contributed by atoms with Crippen molar-refractivity contribution in [2.75, 3.05) is 9.80 Å². The van der Waals surface area contributed by atoms with Crippen molar-refractivity contribution in [3.05, 3.63) is 193 Å². The van der Waals surface area contributed by atoms with Gasteiger partial charge in [0.25, 0.3) is 0 Å². The summed E-state index contributed by atoms with van der Waals surface area (Å²) in [6.07, 6.45) is 0. The molecule has 0 radical (unpaired) electrons. The summed E-state index contributed by atoms with van der Waals surface area (Å²) in [6, 6.07) is 63.8. The lowest BCUT2D eigenvalue weighted by molar-refractivity contribution is 0.666. The van der Waals surface area contributed by atoms with Gasteiger partial charge >= 0.3 is 0 Å². The molecule has 9 rings (SSSR count). The second kappa shape index (κ2) is 11.8. The first kappa shape index (κ1) is 30.0. The van der Waals surface area contributed by atoms with Gasteiger partial charge in [0, 0.05) is 39.2 Å². The second-order valence-electron chi connectivity index (χ2n) is 13.8. The summed E-state index contributed by atoms with van der Waals surface area (Å²) < 4.78 is 0. The van der Waals surface area contributed by atoms with E-state index in [0.717, 1.165) is 28.4 Å². The molecule has 1 aliphatic rings. The van der Waals surface area contributed by atoms with Gasteiger partial charge in [0.15, 0.2) is 0 Å². The van der Waals surface area contributed by atoms with Gasteiger partial charge < -0.3 is 9.80 Å². The van der Waals surface area contributed by atoms with E-state index in [9.17, 15) is 0 Å². The van der Waals surface area contributed by atoms with Crippen molar-refractivity contribution in [1.82, 2.24) is 0 Å². The smallest absolute Gasteiger partial charge is 0.0543 e. The van der Waals surface area contributed by atoms with Crippen molar-refractivity contribution >= 4 is 55.7 Å². The first-order valence-electron chi connectivity index (χ1n) is 17.5. The Morgan fingerprint density at radius 1 is 0.400 bits per heavy atom. The maximum atomic E-state index is 2.47. The van der Waals surface area contributed by atoms with Crippen LogP contribution >= 0.6 is 0 Å². The number of anilines is 6. The number of hydrogen-bond donors (Lipinski definition) is 0. The molecule has 0 spiro atoms. The number of aryl methyl sites for hydroxylation is 1. The van der Waals surface area contributed by atoms with E-state index in [2.05, 4.69) is 206 Å². The molecule has 0 N–H and O–H groups in total. The quantitative estimate of drug-likeness (QED) is 0.178. The Morgan fingerprint density at radius 3 is 1.42 bits per heavy atom. The van der Waals surface area contributed by atoms with Crippen molar-refractivity contribution in [1.29, 1.82) is 0 Å². The third-order valence-corrected chi connectivity index (χ3v) is 10.5. The molecule has 2 heteroatoms. The lowest BCUT2D eigenvalue weighted by Gasteiger charge is -2.30. The highest BCUT2D eigenvalue weighted by atomic mass is 15.1. The van der Waals surface area contributed by atoms with Crippen LogP contribution in [0.5, 0.6) is 0 Å². The molecule has 0 unspecified atom stereocenters. The van der Waals surface area contributed by atoms with Gasteiger partial charge in [0.2, 0.25) is 0 Å². The van der Waals surface area contributed by atoms with E-state index in [1.54, 1.807) is 0 Å². The lowest BCUT2D eigenvalue weighted by Crippen LogP contribution is -2.17. The zero-order chi connectivity index (χ0) is 33.8. The SMILES string of the molecule is Cc1cc2c(c3ccc(N(c4ccccc4)c4ccccc4)cc13)C(C)(C)c1cc(N(c3ccccc3)c3ccccc3)c3ccccc3c1-2. The molecule has 0 saturated heterocycles. The number of benzene rings is 8. The molecular weight excluding hydrogens is 605 g/mol. The monoisotopic (exact) mass is 642 g/mol. The molecule has 8 aromatic carbocycles. The van der Waals surface area contributed by atoms with Crippen LogP contribution in [0.4, 0.5) is 34.1 Å². The summed E-state index contributed by atoms with van der Waals surface area (Å²) in [5, 5.41) is 5.15. The molecule has 0 bridgehead atoms. The summed E-state index contributed by atoms with van der Waals surface area (Å²) >= 11 is 0. The zero-order valence-electron chi connectivity index (χ0n) is 28.6. The van der Waals surface area contributed by atoms with Gasteiger partial charge in [0.1, 0.15) is 0 Å². The highest BCUT2D eigenvalue weighted by molar-refractivity contribution is 6.12. The Morgan fingerprint density at radius 2 is 0.880 bits per heavy atom. The number of nitrogens with zero attached hydrogens (tertiary/aromatic N) is 2. The Labute approximate surface area is 294 Å². The number of fused-ring (bicyclic) bond motifs is 7. The van der Waals surface area contributed by atoms with Crippen molar-refractivity contribution < 1.29 is 0 Å². The van der Waals surface area contributed by atoms with Crippen LogP contribution in [0.15, 0.2) is 176 Å². The largest absolute Gasteiger partial charge is 0.310 e. The Balaban J connectivity index is 1.27. The molecule has 50 heavy (non-hydrogen) atoms. The van der Waals surface area contributed by atoms with Crippen LogP contribution < -0.4 is 9.80 Å². The lowest BCUT2D eigenvalue weighted by atomic mass is 9.79. The van der Waals surface area contributed by atoms with Crippen LogP contribution in [0.1, 0.15) is 30.5 Å². The fraction of sp³-hybridized carbons (Fsp3) is 0.0833. The van der Waals surface area contributed by atoms with Gasteiger partial charge in [-0.2, -0.15) is 0 Å². The molecule has 0 aliphatic heterocycles. The second-order valence-corrected chi connectivity index (χ2v) is 13.8. The Kier molecular flexibility index (Phi) is 7.07. The molecule has 8 aromatic rings. The minimum Gasteiger partial charge on any atom is -0.310 e. The van der Waals surface area contributed by atoms with Gasteiger partial charge in [-0.15, -0.1) is 0 Å². The van der Waals surface area contributed by atoms with Gasteiger partial charge in [-0.05, 0) is 118 Å². The predicted octanol–water partition coefficient (Wildman–Crippen LogP) is 13.5. The summed E-state index contributed by atoms with van der Waals surface area (Å²) in [5.41, 5.74) is 13.5. The Hall–Kier alpha value is -6.12. The maximum absolute atomic E-state index is 2.47. The average Bonchev–Trinajstić information content (AvgIpc) is 3.39. The highest BCUT2D eigenvalue weighted by Gasteiger charge is 2.39. The van der Waals surface area contributed by atoms with Crippen molar-refractivity contribution in [3.8, 4) is 11.1 Å². The van der Waals surface area contributed by atoms with Crippen molar-refractivity contribution in [3.63, 3.8) is 0 Å². The van der Waals surface area contributed by atoms with Gasteiger partial charge in [-0.25, -0.2) is 0 Å². The van der Waals surface area contributed by atoms with Gasteiger partial charge in [0.05, 0.1) is 5.69 Å². The third-order valence-electron chi connectivity index (χ3n) is 10.5. The van der Waals surface area contributed by atoms with E-state index in [1.165, 1.54) is 55.0 Å². The molecule has 0 saturated carbocycles. The number of hydrogen-bond acceptors (Lipinski definition) is 2. The first-order valence-corrected chi connectivity index (χ1v) is 17.5. The highest BCUT2D eigenvalue weighted by Crippen LogP contribution is 2.57. The van der Waals surface area contributed by atoms with E-state index in [1.807, 2.05) is 0 Å². The topological polar surface area (TPSA) is 6.48 Å². The fourth-order valence-corrected chi connectivity index (χ4v) is 8.24. The predicted molar refractivity (Wildman–Crippen MR) is 213 cm³/mol. The summed E-state index contributed by atoms with van der Waals surface area (Å²) in [6.45, 7) is 7.10. The molecule has 0 fully saturated rings. The van der Waals surface area contributed by atoms with Crippen molar-refractivity contribution in [2.45, 2.75) is 26.2 Å². The van der Waals surface area contributed by atoms with Crippen LogP contribution in [0.3, 0.4) is 0 Å². The molecule has 2 nitrogen and oxygen atoms in total. The van der Waals surface area contributed by atoms with Crippen LogP contribution in [-0.4, -0.2) is 0 Å². The fourth-order valence-electron chi connectivity index (χ4n) is 8.24. The van der Waals surface area contributed by atoms with Gasteiger partial charge in [-0.1, -0.05) is 123 Å². The molecular formula is C48H38N2. The minimum absolute atomic E-state index is 0.228.